The minimum Gasteiger partial charge on any atom is -0.491 e. The number of halogens is 1. The fraction of sp³-hybridized carbons (Fsp3) is 0.462. The molecule has 2 heterocycles. The highest BCUT2D eigenvalue weighted by Gasteiger charge is 2.27. The second-order valence-electron chi connectivity index (χ2n) is 9.27. The monoisotopic (exact) mass is 517 g/mol. The number of likely N-dealkylation sites (tertiary alicyclic amines) is 1. The Hall–Kier alpha value is -2.98. The molecule has 2 aliphatic heterocycles. The number of para-hydroxylation sites is 1. The Balaban J connectivity index is 1.17. The van der Waals surface area contributed by atoms with E-state index in [1.54, 1.807) is 35.2 Å². The third-order valence-corrected chi connectivity index (χ3v) is 8.21. The van der Waals surface area contributed by atoms with Crippen LogP contribution in [0.25, 0.3) is 0 Å². The van der Waals surface area contributed by atoms with Crippen LogP contribution in [0.5, 0.6) is 5.75 Å². The number of fused-ring (bicyclic) bond motifs is 1. The van der Waals surface area contributed by atoms with Crippen molar-refractivity contribution >= 4 is 27.5 Å². The van der Waals surface area contributed by atoms with Gasteiger partial charge in [0.1, 0.15) is 0 Å². The van der Waals surface area contributed by atoms with Crippen molar-refractivity contribution in [2.45, 2.75) is 43.9 Å². The third kappa shape index (κ3) is 6.22. The van der Waals surface area contributed by atoms with Crippen molar-refractivity contribution in [1.29, 1.82) is 0 Å². The normalized spacial score (nSPS) is 17.3. The summed E-state index contributed by atoms with van der Waals surface area (Å²) in [7, 11) is -3.70. The smallest absolute Gasteiger partial charge is 0.240 e. The van der Waals surface area contributed by atoms with Gasteiger partial charge in [0.15, 0.2) is 11.6 Å². The summed E-state index contributed by atoms with van der Waals surface area (Å²) in [6.07, 6.45) is 2.90. The number of anilines is 1. The van der Waals surface area contributed by atoms with Crippen molar-refractivity contribution in [2.24, 2.45) is 5.92 Å². The molecular formula is C26H32FN3O5S. The molecule has 1 atom stereocenters. The van der Waals surface area contributed by atoms with Crippen molar-refractivity contribution in [1.82, 2.24) is 9.62 Å². The summed E-state index contributed by atoms with van der Waals surface area (Å²) in [6, 6.07) is 11.1. The Morgan fingerprint density at radius 3 is 2.75 bits per heavy atom. The van der Waals surface area contributed by atoms with Gasteiger partial charge in [-0.15, -0.1) is 0 Å². The van der Waals surface area contributed by atoms with Crippen LogP contribution in [0.3, 0.4) is 0 Å². The summed E-state index contributed by atoms with van der Waals surface area (Å²) in [5.74, 6) is 0.106. The molecule has 4 rings (SSSR count). The van der Waals surface area contributed by atoms with Crippen LogP contribution in [0, 0.1) is 11.7 Å². The average molecular weight is 518 g/mol. The molecule has 1 N–H and O–H groups in total. The molecular weight excluding hydrogens is 485 g/mol. The summed E-state index contributed by atoms with van der Waals surface area (Å²) in [5, 5.41) is 0. The molecule has 1 saturated heterocycles. The number of benzene rings is 2. The zero-order chi connectivity index (χ0) is 25.7. The van der Waals surface area contributed by atoms with E-state index in [1.807, 2.05) is 4.90 Å². The molecule has 1 fully saturated rings. The molecule has 36 heavy (non-hydrogen) atoms. The molecule has 1 unspecified atom stereocenters. The zero-order valence-corrected chi connectivity index (χ0v) is 21.2. The topological polar surface area (TPSA) is 96.0 Å². The van der Waals surface area contributed by atoms with Gasteiger partial charge in [-0.05, 0) is 67.5 Å². The number of amides is 2. The number of ether oxygens (including phenoxy) is 1. The van der Waals surface area contributed by atoms with Crippen LogP contribution in [-0.2, 0) is 26.0 Å². The second kappa shape index (κ2) is 11.4. The lowest BCUT2D eigenvalue weighted by molar-refractivity contribution is -0.130. The summed E-state index contributed by atoms with van der Waals surface area (Å²) >= 11 is 0. The Morgan fingerprint density at radius 2 is 1.97 bits per heavy atom. The highest BCUT2D eigenvalue weighted by molar-refractivity contribution is 7.89. The van der Waals surface area contributed by atoms with Gasteiger partial charge in [-0.2, -0.15) is 0 Å². The first-order chi connectivity index (χ1) is 17.2. The van der Waals surface area contributed by atoms with E-state index >= 15 is 0 Å². The van der Waals surface area contributed by atoms with Gasteiger partial charge < -0.3 is 14.5 Å². The van der Waals surface area contributed by atoms with E-state index in [0.717, 1.165) is 24.1 Å². The predicted molar refractivity (Wildman–Crippen MR) is 134 cm³/mol. The first-order valence-corrected chi connectivity index (χ1v) is 13.8. The summed E-state index contributed by atoms with van der Waals surface area (Å²) < 4.78 is 47.1. The van der Waals surface area contributed by atoms with Gasteiger partial charge in [0.25, 0.3) is 0 Å². The lowest BCUT2D eigenvalue weighted by atomic mass is 10.1. The number of carbonyl (C=O) groups excluding carboxylic acids is 2. The number of nitrogens with one attached hydrogen (secondary N) is 1. The molecule has 0 aliphatic carbocycles. The van der Waals surface area contributed by atoms with E-state index in [4.69, 9.17) is 4.74 Å². The largest absolute Gasteiger partial charge is 0.491 e. The number of rotatable bonds is 10. The number of carbonyl (C=O) groups is 2. The van der Waals surface area contributed by atoms with E-state index in [0.29, 0.717) is 45.0 Å². The fourth-order valence-electron chi connectivity index (χ4n) is 4.75. The molecule has 0 saturated carbocycles. The van der Waals surface area contributed by atoms with Gasteiger partial charge in [-0.25, -0.2) is 17.5 Å². The van der Waals surface area contributed by atoms with Crippen molar-refractivity contribution < 1.29 is 27.1 Å². The molecule has 0 aromatic heterocycles. The SMILES string of the molecule is CC(=O)N1CCc2cc(S(=O)(=O)NCCCC(=O)N3CCC(CCOc4ccccc4F)C3)ccc21. The lowest BCUT2D eigenvalue weighted by Gasteiger charge is -2.17. The summed E-state index contributed by atoms with van der Waals surface area (Å²) in [6.45, 7) is 3.91. The highest BCUT2D eigenvalue weighted by atomic mass is 32.2. The maximum Gasteiger partial charge on any atom is 0.240 e. The number of hydrogen-bond acceptors (Lipinski definition) is 5. The van der Waals surface area contributed by atoms with E-state index < -0.39 is 10.0 Å². The maximum atomic E-state index is 13.6. The van der Waals surface area contributed by atoms with Gasteiger partial charge >= 0.3 is 0 Å². The summed E-state index contributed by atoms with van der Waals surface area (Å²) in [5.41, 5.74) is 1.60. The van der Waals surface area contributed by atoms with Crippen LogP contribution >= 0.6 is 0 Å². The lowest BCUT2D eigenvalue weighted by Crippen LogP contribution is -2.30. The van der Waals surface area contributed by atoms with Crippen molar-refractivity contribution in [3.63, 3.8) is 0 Å². The van der Waals surface area contributed by atoms with Crippen molar-refractivity contribution in [2.75, 3.05) is 37.7 Å². The Morgan fingerprint density at radius 1 is 1.17 bits per heavy atom. The number of sulfonamides is 1. The van der Waals surface area contributed by atoms with Crippen LogP contribution in [0.2, 0.25) is 0 Å². The van der Waals surface area contributed by atoms with E-state index in [2.05, 4.69) is 4.72 Å². The van der Waals surface area contributed by atoms with Gasteiger partial charge in [-0.3, -0.25) is 9.59 Å². The Kier molecular flexibility index (Phi) is 8.25. The fourth-order valence-corrected chi connectivity index (χ4v) is 5.88. The van der Waals surface area contributed by atoms with Crippen LogP contribution in [0.15, 0.2) is 47.4 Å². The standard InChI is InChI=1S/C26H32FN3O5S/c1-19(31)30-15-11-21-17-22(8-9-24(21)30)36(33,34)28-13-4-7-26(32)29-14-10-20(18-29)12-16-35-25-6-3-2-5-23(25)27/h2-3,5-6,8-9,17,20,28H,4,7,10-16,18H2,1H3. The van der Waals surface area contributed by atoms with Gasteiger partial charge in [0.05, 0.1) is 11.5 Å². The van der Waals surface area contributed by atoms with Gasteiger partial charge in [0, 0.05) is 45.2 Å². The molecule has 2 aromatic carbocycles. The second-order valence-corrected chi connectivity index (χ2v) is 11.0. The van der Waals surface area contributed by atoms with Crippen LogP contribution in [0.1, 0.15) is 38.2 Å². The molecule has 2 aromatic rings. The highest BCUT2D eigenvalue weighted by Crippen LogP contribution is 2.30. The van der Waals surface area contributed by atoms with E-state index in [9.17, 15) is 22.4 Å². The average Bonchev–Trinajstić information content (AvgIpc) is 3.50. The minimum atomic E-state index is -3.70. The van der Waals surface area contributed by atoms with E-state index in [1.165, 1.54) is 19.1 Å². The van der Waals surface area contributed by atoms with Crippen molar-refractivity contribution in [3.8, 4) is 5.75 Å². The summed E-state index contributed by atoms with van der Waals surface area (Å²) in [4.78, 5) is 27.9. The molecule has 10 heteroatoms. The molecule has 2 aliphatic rings. The Bertz CT molecular complexity index is 1220. The van der Waals surface area contributed by atoms with Gasteiger partial charge in [-0.1, -0.05) is 12.1 Å². The first kappa shape index (κ1) is 26.1. The first-order valence-electron chi connectivity index (χ1n) is 12.3. The van der Waals surface area contributed by atoms with Gasteiger partial charge in [0.2, 0.25) is 21.8 Å². The maximum absolute atomic E-state index is 13.6. The van der Waals surface area contributed by atoms with Crippen LogP contribution in [0.4, 0.5) is 10.1 Å². The quantitative estimate of drug-likeness (QED) is 0.489. The van der Waals surface area contributed by atoms with E-state index in [-0.39, 0.29) is 41.2 Å². The number of hydrogen-bond donors (Lipinski definition) is 1. The molecule has 0 bridgehead atoms. The molecule has 0 radical (unpaired) electrons. The van der Waals surface area contributed by atoms with Crippen LogP contribution in [-0.4, -0.2) is 57.9 Å². The molecule has 0 spiro atoms. The van der Waals surface area contributed by atoms with Crippen molar-refractivity contribution in [3.05, 3.63) is 53.8 Å². The number of nitrogens with zero attached hydrogens (tertiary/aromatic N) is 2. The molecule has 194 valence electrons. The third-order valence-electron chi connectivity index (χ3n) is 6.76. The predicted octanol–water partition coefficient (Wildman–Crippen LogP) is 3.11. The molecule has 8 nitrogen and oxygen atoms in total. The minimum absolute atomic E-state index is 0.00794. The Labute approximate surface area is 211 Å². The zero-order valence-electron chi connectivity index (χ0n) is 20.4. The van der Waals surface area contributed by atoms with Crippen LogP contribution < -0.4 is 14.4 Å². The molecule has 2 amide bonds.